The van der Waals surface area contributed by atoms with Gasteiger partial charge in [-0.25, -0.2) is 13.6 Å². The Hall–Kier alpha value is -1.94. The van der Waals surface area contributed by atoms with Crippen molar-refractivity contribution in [3.8, 4) is 0 Å². The van der Waals surface area contributed by atoms with Crippen LogP contribution < -0.4 is 15.8 Å². The molecule has 0 aliphatic heterocycles. The third-order valence-electron chi connectivity index (χ3n) is 2.21. The molecule has 0 amide bonds. The third-order valence-corrected chi connectivity index (χ3v) is 2.99. The van der Waals surface area contributed by atoms with Gasteiger partial charge in [0.25, 0.3) is 0 Å². The number of sulfonamides is 1. The second kappa shape index (κ2) is 4.74. The lowest BCUT2D eigenvalue weighted by molar-refractivity contribution is 0.598. The molecule has 0 radical (unpaired) electrons. The molecule has 2 aromatic heterocycles. The SMILES string of the molecule is CNc1nc(NCCS(N)(=O)=O)c2cn[nH]c2n1. The van der Waals surface area contributed by atoms with E-state index < -0.39 is 10.0 Å². The average molecular weight is 271 g/mol. The van der Waals surface area contributed by atoms with E-state index in [-0.39, 0.29) is 12.3 Å². The van der Waals surface area contributed by atoms with E-state index in [1.165, 1.54) is 0 Å². The molecule has 98 valence electrons. The van der Waals surface area contributed by atoms with Crippen LogP contribution in [0, 0.1) is 0 Å². The first-order valence-electron chi connectivity index (χ1n) is 5.13. The lowest BCUT2D eigenvalue weighted by atomic mass is 10.4. The maximum atomic E-state index is 10.8. The molecule has 0 fully saturated rings. The second-order valence-corrected chi connectivity index (χ2v) is 5.31. The number of H-pyrrole nitrogens is 1. The molecule has 2 aromatic rings. The predicted molar refractivity (Wildman–Crippen MR) is 67.7 cm³/mol. The van der Waals surface area contributed by atoms with Gasteiger partial charge in [0.2, 0.25) is 16.0 Å². The normalized spacial score (nSPS) is 11.7. The van der Waals surface area contributed by atoms with Crippen molar-refractivity contribution < 1.29 is 8.42 Å². The highest BCUT2D eigenvalue weighted by atomic mass is 32.2. The van der Waals surface area contributed by atoms with Gasteiger partial charge in [-0.15, -0.1) is 0 Å². The predicted octanol–water partition coefficient (Wildman–Crippen LogP) is -0.905. The van der Waals surface area contributed by atoms with E-state index >= 15 is 0 Å². The van der Waals surface area contributed by atoms with Gasteiger partial charge in [0.1, 0.15) is 5.82 Å². The Bertz CT molecular complexity index is 651. The number of fused-ring (bicyclic) bond motifs is 1. The van der Waals surface area contributed by atoms with Crippen molar-refractivity contribution in [1.82, 2.24) is 20.2 Å². The smallest absolute Gasteiger partial charge is 0.226 e. The van der Waals surface area contributed by atoms with Crippen LogP contribution in [0.1, 0.15) is 0 Å². The zero-order chi connectivity index (χ0) is 13.2. The van der Waals surface area contributed by atoms with Crippen LogP contribution in [0.4, 0.5) is 11.8 Å². The van der Waals surface area contributed by atoms with E-state index in [9.17, 15) is 8.42 Å². The largest absolute Gasteiger partial charge is 0.368 e. The first-order valence-corrected chi connectivity index (χ1v) is 6.84. The van der Waals surface area contributed by atoms with Crippen LogP contribution in [0.25, 0.3) is 11.0 Å². The van der Waals surface area contributed by atoms with Crippen LogP contribution in [0.3, 0.4) is 0 Å². The summed E-state index contributed by atoms with van der Waals surface area (Å²) >= 11 is 0. The van der Waals surface area contributed by atoms with Gasteiger partial charge in [-0.05, 0) is 0 Å². The Kier molecular flexibility index (Phi) is 3.30. The molecule has 0 aliphatic carbocycles. The number of aromatic amines is 1. The summed E-state index contributed by atoms with van der Waals surface area (Å²) in [5.74, 6) is 0.734. The lowest BCUT2D eigenvalue weighted by Crippen LogP contribution is -2.22. The fourth-order valence-electron chi connectivity index (χ4n) is 1.39. The molecule has 9 nitrogen and oxygen atoms in total. The highest BCUT2D eigenvalue weighted by molar-refractivity contribution is 7.89. The van der Waals surface area contributed by atoms with Crippen molar-refractivity contribution in [2.45, 2.75) is 0 Å². The number of nitrogens with one attached hydrogen (secondary N) is 3. The van der Waals surface area contributed by atoms with Crippen molar-refractivity contribution in [3.05, 3.63) is 6.20 Å². The van der Waals surface area contributed by atoms with E-state index in [1.54, 1.807) is 13.2 Å². The number of nitrogens with zero attached hydrogens (tertiary/aromatic N) is 3. The minimum Gasteiger partial charge on any atom is -0.368 e. The number of rotatable bonds is 5. The van der Waals surface area contributed by atoms with Crippen LogP contribution in [0.5, 0.6) is 0 Å². The molecular weight excluding hydrogens is 258 g/mol. The zero-order valence-corrected chi connectivity index (χ0v) is 10.5. The van der Waals surface area contributed by atoms with Crippen molar-refractivity contribution in [2.75, 3.05) is 30.0 Å². The van der Waals surface area contributed by atoms with E-state index in [0.717, 1.165) is 0 Å². The lowest BCUT2D eigenvalue weighted by Gasteiger charge is -2.07. The quantitative estimate of drug-likeness (QED) is 0.552. The standard InChI is InChI=1S/C8H13N7O2S/c1-10-8-13-6(11-2-3-18(9,16)17)5-4-12-15-7(5)14-8/h4H,2-3H2,1H3,(H2,9,16,17)(H3,10,11,12,13,14,15). The summed E-state index contributed by atoms with van der Waals surface area (Å²) in [6.45, 7) is 0.166. The Balaban J connectivity index is 2.23. The summed E-state index contributed by atoms with van der Waals surface area (Å²) in [7, 11) is -1.81. The fourth-order valence-corrected chi connectivity index (χ4v) is 1.78. The van der Waals surface area contributed by atoms with Crippen LogP contribution in [0.15, 0.2) is 6.20 Å². The summed E-state index contributed by atoms with van der Waals surface area (Å²) in [6, 6.07) is 0. The Labute approximate surface area is 103 Å². The van der Waals surface area contributed by atoms with E-state index in [0.29, 0.717) is 22.8 Å². The van der Waals surface area contributed by atoms with Crippen molar-refractivity contribution >= 4 is 32.8 Å². The molecular formula is C8H13N7O2S. The molecule has 0 unspecified atom stereocenters. The number of nitrogens with two attached hydrogens (primary N) is 1. The Morgan fingerprint density at radius 2 is 2.22 bits per heavy atom. The molecule has 18 heavy (non-hydrogen) atoms. The summed E-state index contributed by atoms with van der Waals surface area (Å²) in [5, 5.41) is 17.9. The summed E-state index contributed by atoms with van der Waals surface area (Å²) < 4.78 is 21.7. The second-order valence-electron chi connectivity index (χ2n) is 3.57. The highest BCUT2D eigenvalue weighted by Gasteiger charge is 2.09. The van der Waals surface area contributed by atoms with E-state index in [1.807, 2.05) is 0 Å². The highest BCUT2D eigenvalue weighted by Crippen LogP contribution is 2.19. The number of aromatic nitrogens is 4. The summed E-state index contributed by atoms with van der Waals surface area (Å²) in [4.78, 5) is 8.33. The topological polar surface area (TPSA) is 139 Å². The molecule has 2 rings (SSSR count). The molecule has 0 aromatic carbocycles. The molecule has 0 spiro atoms. The van der Waals surface area contributed by atoms with Gasteiger partial charge in [-0.2, -0.15) is 15.1 Å². The molecule has 5 N–H and O–H groups in total. The number of hydrogen-bond donors (Lipinski definition) is 4. The van der Waals surface area contributed by atoms with Crippen LogP contribution >= 0.6 is 0 Å². The number of hydrogen-bond acceptors (Lipinski definition) is 7. The molecule has 0 atom stereocenters. The Morgan fingerprint density at radius 1 is 1.44 bits per heavy atom. The molecule has 0 saturated carbocycles. The van der Waals surface area contributed by atoms with E-state index in [2.05, 4.69) is 30.8 Å². The van der Waals surface area contributed by atoms with Gasteiger partial charge >= 0.3 is 0 Å². The number of anilines is 2. The summed E-state index contributed by atoms with van der Waals surface area (Å²) in [5.41, 5.74) is 0.562. The zero-order valence-electron chi connectivity index (χ0n) is 9.64. The van der Waals surface area contributed by atoms with Gasteiger partial charge < -0.3 is 10.6 Å². The van der Waals surface area contributed by atoms with Gasteiger partial charge in [0.15, 0.2) is 5.65 Å². The van der Waals surface area contributed by atoms with E-state index in [4.69, 9.17) is 5.14 Å². The van der Waals surface area contributed by atoms with Crippen molar-refractivity contribution in [2.24, 2.45) is 5.14 Å². The van der Waals surface area contributed by atoms with Crippen molar-refractivity contribution in [3.63, 3.8) is 0 Å². The fraction of sp³-hybridized carbons (Fsp3) is 0.375. The maximum Gasteiger partial charge on any atom is 0.226 e. The van der Waals surface area contributed by atoms with Crippen molar-refractivity contribution in [1.29, 1.82) is 0 Å². The average Bonchev–Trinajstić information content (AvgIpc) is 2.75. The van der Waals surface area contributed by atoms with Crippen LogP contribution in [0.2, 0.25) is 0 Å². The molecule has 10 heteroatoms. The monoisotopic (exact) mass is 271 g/mol. The first-order chi connectivity index (χ1) is 8.49. The minimum atomic E-state index is -3.49. The maximum absolute atomic E-state index is 10.8. The molecule has 0 bridgehead atoms. The van der Waals surface area contributed by atoms with Crippen LogP contribution in [-0.4, -0.2) is 47.9 Å². The molecule has 2 heterocycles. The Morgan fingerprint density at radius 3 is 2.89 bits per heavy atom. The van der Waals surface area contributed by atoms with Gasteiger partial charge in [0.05, 0.1) is 17.3 Å². The van der Waals surface area contributed by atoms with Gasteiger partial charge in [-0.3, -0.25) is 5.10 Å². The molecule has 0 saturated heterocycles. The summed E-state index contributed by atoms with van der Waals surface area (Å²) in [6.07, 6.45) is 1.56. The number of primary sulfonamides is 1. The third kappa shape index (κ3) is 2.84. The first kappa shape index (κ1) is 12.5. The van der Waals surface area contributed by atoms with Crippen LogP contribution in [-0.2, 0) is 10.0 Å². The van der Waals surface area contributed by atoms with Gasteiger partial charge in [-0.1, -0.05) is 0 Å². The minimum absolute atomic E-state index is 0.166. The molecule has 0 aliphatic rings. The van der Waals surface area contributed by atoms with Gasteiger partial charge in [0, 0.05) is 13.6 Å².